The number of aryl methyl sites for hydroxylation is 1. The van der Waals surface area contributed by atoms with Gasteiger partial charge in [-0.2, -0.15) is 0 Å². The molecule has 0 spiro atoms. The van der Waals surface area contributed by atoms with Crippen molar-refractivity contribution in [2.45, 2.75) is 6.92 Å². The minimum atomic E-state index is 0.443. The van der Waals surface area contributed by atoms with Crippen molar-refractivity contribution in [2.24, 2.45) is 0 Å². The van der Waals surface area contributed by atoms with Gasteiger partial charge in [0.25, 0.3) is 0 Å². The third kappa shape index (κ3) is 4.84. The van der Waals surface area contributed by atoms with Gasteiger partial charge in [0.2, 0.25) is 0 Å². The summed E-state index contributed by atoms with van der Waals surface area (Å²) < 4.78 is 16.9. The molecule has 25 heavy (non-hydrogen) atoms. The lowest BCUT2D eigenvalue weighted by Gasteiger charge is -2.10. The Hall–Kier alpha value is -2.30. The number of pyridine rings is 1. The fraction of sp³-hybridized carbons (Fsp3) is 0.250. The molecule has 0 aliphatic carbocycles. The van der Waals surface area contributed by atoms with E-state index in [1.165, 1.54) is 0 Å². The molecule has 0 saturated heterocycles. The van der Waals surface area contributed by atoms with Crippen LogP contribution in [0.4, 0.5) is 0 Å². The molecule has 0 saturated carbocycles. The van der Waals surface area contributed by atoms with Crippen LogP contribution in [0.25, 0.3) is 10.9 Å². The van der Waals surface area contributed by atoms with Crippen molar-refractivity contribution in [3.63, 3.8) is 0 Å². The maximum absolute atomic E-state index is 6.08. The average Bonchev–Trinajstić information content (AvgIpc) is 2.63. The van der Waals surface area contributed by atoms with Gasteiger partial charge in [-0.25, -0.2) is 0 Å². The van der Waals surface area contributed by atoms with E-state index in [0.29, 0.717) is 37.2 Å². The van der Waals surface area contributed by atoms with Gasteiger partial charge in [0.15, 0.2) is 0 Å². The van der Waals surface area contributed by atoms with E-state index >= 15 is 0 Å². The molecule has 4 nitrogen and oxygen atoms in total. The monoisotopic (exact) mass is 357 g/mol. The molecule has 0 bridgehead atoms. The number of halogens is 1. The number of hydrogen-bond acceptors (Lipinski definition) is 4. The molecule has 0 fully saturated rings. The smallest absolute Gasteiger partial charge is 0.145 e. The van der Waals surface area contributed by atoms with Gasteiger partial charge in [0.1, 0.15) is 30.2 Å². The molecule has 0 aliphatic heterocycles. The van der Waals surface area contributed by atoms with Crippen molar-refractivity contribution in [3.8, 4) is 11.5 Å². The summed E-state index contributed by atoms with van der Waals surface area (Å²) in [5.41, 5.74) is 1.97. The second-order valence-corrected chi connectivity index (χ2v) is 5.98. The van der Waals surface area contributed by atoms with Gasteiger partial charge in [-0.05, 0) is 36.8 Å². The highest BCUT2D eigenvalue weighted by atomic mass is 35.5. The molecule has 3 rings (SSSR count). The maximum Gasteiger partial charge on any atom is 0.145 e. The third-order valence-corrected chi connectivity index (χ3v) is 3.97. The zero-order valence-corrected chi connectivity index (χ0v) is 14.8. The summed E-state index contributed by atoms with van der Waals surface area (Å²) >= 11 is 6.08. The summed E-state index contributed by atoms with van der Waals surface area (Å²) in [5, 5.41) is 1.67. The van der Waals surface area contributed by atoms with Crippen LogP contribution in [-0.2, 0) is 4.74 Å². The Morgan fingerprint density at radius 3 is 2.48 bits per heavy atom. The number of benzene rings is 2. The van der Waals surface area contributed by atoms with Gasteiger partial charge >= 0.3 is 0 Å². The fourth-order valence-electron chi connectivity index (χ4n) is 2.44. The highest BCUT2D eigenvalue weighted by Crippen LogP contribution is 2.25. The first-order valence-electron chi connectivity index (χ1n) is 8.17. The van der Waals surface area contributed by atoms with Crippen LogP contribution in [0.2, 0.25) is 5.02 Å². The molecule has 1 aromatic heterocycles. The highest BCUT2D eigenvalue weighted by Gasteiger charge is 2.03. The first-order chi connectivity index (χ1) is 12.2. The van der Waals surface area contributed by atoms with Crippen molar-refractivity contribution in [1.29, 1.82) is 0 Å². The van der Waals surface area contributed by atoms with E-state index in [4.69, 9.17) is 25.8 Å². The molecule has 0 N–H and O–H groups in total. The first-order valence-corrected chi connectivity index (χ1v) is 8.55. The zero-order chi connectivity index (χ0) is 17.5. The Morgan fingerprint density at radius 1 is 0.880 bits per heavy atom. The predicted molar refractivity (Wildman–Crippen MR) is 99.7 cm³/mol. The Balaban J connectivity index is 1.38. The van der Waals surface area contributed by atoms with Crippen LogP contribution >= 0.6 is 11.6 Å². The summed E-state index contributed by atoms with van der Waals surface area (Å²) in [6, 6.07) is 15.5. The fourth-order valence-corrected chi connectivity index (χ4v) is 2.61. The van der Waals surface area contributed by atoms with Crippen molar-refractivity contribution in [1.82, 2.24) is 4.98 Å². The van der Waals surface area contributed by atoms with Crippen molar-refractivity contribution >= 4 is 22.5 Å². The number of aromatic nitrogens is 1. The lowest BCUT2D eigenvalue weighted by Crippen LogP contribution is -2.12. The summed E-state index contributed by atoms with van der Waals surface area (Å²) in [4.78, 5) is 4.36. The Kier molecular flexibility index (Phi) is 6.09. The number of hydrogen-bond donors (Lipinski definition) is 0. The van der Waals surface area contributed by atoms with Crippen molar-refractivity contribution in [2.75, 3.05) is 26.4 Å². The number of fused-ring (bicyclic) bond motifs is 1. The highest BCUT2D eigenvalue weighted by molar-refractivity contribution is 6.32. The quantitative estimate of drug-likeness (QED) is 0.549. The average molecular weight is 358 g/mol. The van der Waals surface area contributed by atoms with E-state index in [1.807, 2.05) is 55.5 Å². The van der Waals surface area contributed by atoms with Gasteiger partial charge in [-0.1, -0.05) is 35.9 Å². The molecule has 130 valence electrons. The summed E-state index contributed by atoms with van der Waals surface area (Å²) in [5.74, 6) is 1.45. The van der Waals surface area contributed by atoms with Crippen LogP contribution in [-0.4, -0.2) is 31.4 Å². The van der Waals surface area contributed by atoms with Crippen molar-refractivity contribution < 1.29 is 14.2 Å². The van der Waals surface area contributed by atoms with Crippen LogP contribution in [0, 0.1) is 6.92 Å². The molecule has 2 aromatic carbocycles. The molecule has 3 aromatic rings. The molecular weight excluding hydrogens is 338 g/mol. The Bertz CT molecular complexity index is 833. The number of ether oxygens (including phenoxy) is 3. The maximum atomic E-state index is 6.08. The molecule has 0 atom stereocenters. The number of rotatable bonds is 8. The van der Waals surface area contributed by atoms with Crippen LogP contribution in [0.15, 0.2) is 54.7 Å². The lowest BCUT2D eigenvalue weighted by molar-refractivity contribution is 0.0767. The summed E-state index contributed by atoms with van der Waals surface area (Å²) in [7, 11) is 0. The van der Waals surface area contributed by atoms with E-state index in [9.17, 15) is 0 Å². The topological polar surface area (TPSA) is 40.6 Å². The Morgan fingerprint density at radius 2 is 1.64 bits per heavy atom. The number of para-hydroxylation sites is 1. The minimum absolute atomic E-state index is 0.443. The van der Waals surface area contributed by atoms with Gasteiger partial charge in [0.05, 0.1) is 18.2 Å². The Labute approximate surface area is 152 Å². The molecule has 0 aliphatic rings. The molecule has 0 unspecified atom stereocenters. The molecule has 0 amide bonds. The predicted octanol–water partition coefficient (Wildman–Crippen LogP) is 4.67. The molecule has 1 heterocycles. The van der Waals surface area contributed by atoms with Crippen LogP contribution < -0.4 is 9.47 Å². The van der Waals surface area contributed by atoms with Crippen LogP contribution in [0.5, 0.6) is 11.5 Å². The van der Waals surface area contributed by atoms with E-state index in [0.717, 1.165) is 22.2 Å². The van der Waals surface area contributed by atoms with Gasteiger partial charge in [-0.3, -0.25) is 4.98 Å². The SMILES string of the molecule is Cc1ccc(Cl)c(OCCOCCOc2cccc3cccnc23)c1. The molecule has 0 radical (unpaired) electrons. The standard InChI is InChI=1S/C20H20ClNO3/c1-15-7-8-17(21)19(14-15)25-13-11-23-10-12-24-18-6-2-4-16-5-3-9-22-20(16)18/h2-9,14H,10-13H2,1H3. The van der Waals surface area contributed by atoms with E-state index in [-0.39, 0.29) is 0 Å². The van der Waals surface area contributed by atoms with E-state index in [1.54, 1.807) is 6.20 Å². The van der Waals surface area contributed by atoms with E-state index < -0.39 is 0 Å². The van der Waals surface area contributed by atoms with Crippen LogP contribution in [0.3, 0.4) is 0 Å². The molecule has 5 heteroatoms. The summed E-state index contributed by atoms with van der Waals surface area (Å²) in [6.07, 6.45) is 1.76. The largest absolute Gasteiger partial charge is 0.490 e. The molecular formula is C20H20ClNO3. The van der Waals surface area contributed by atoms with Gasteiger partial charge in [0, 0.05) is 11.6 Å². The third-order valence-electron chi connectivity index (χ3n) is 3.65. The second kappa shape index (κ2) is 8.70. The van der Waals surface area contributed by atoms with Gasteiger partial charge in [-0.15, -0.1) is 0 Å². The number of nitrogens with zero attached hydrogens (tertiary/aromatic N) is 1. The lowest BCUT2D eigenvalue weighted by atomic mass is 10.2. The summed E-state index contributed by atoms with van der Waals surface area (Å²) in [6.45, 7) is 3.86. The second-order valence-electron chi connectivity index (χ2n) is 5.57. The van der Waals surface area contributed by atoms with Gasteiger partial charge < -0.3 is 14.2 Å². The van der Waals surface area contributed by atoms with E-state index in [2.05, 4.69) is 4.98 Å². The minimum Gasteiger partial charge on any atom is -0.490 e. The first kappa shape index (κ1) is 17.5. The van der Waals surface area contributed by atoms with Crippen molar-refractivity contribution in [3.05, 3.63) is 65.3 Å². The normalized spacial score (nSPS) is 10.8. The van der Waals surface area contributed by atoms with Crippen LogP contribution in [0.1, 0.15) is 5.56 Å². The zero-order valence-electron chi connectivity index (χ0n) is 14.1.